The quantitative estimate of drug-likeness (QED) is 0.264. The minimum atomic E-state index is -4.55. The number of benzene rings is 3. The van der Waals surface area contributed by atoms with Crippen LogP contribution in [0.25, 0.3) is 10.8 Å². The zero-order valence-electron chi connectivity index (χ0n) is 18.1. The van der Waals surface area contributed by atoms with Crippen molar-refractivity contribution in [2.24, 2.45) is 10.2 Å². The molecule has 1 saturated heterocycles. The molecule has 0 aliphatic carbocycles. The van der Waals surface area contributed by atoms with E-state index in [0.717, 1.165) is 31.7 Å². The lowest BCUT2D eigenvalue weighted by Gasteiger charge is -2.20. The fraction of sp³-hybridized carbons (Fsp3) is 0.273. The molecule has 1 heterocycles. The van der Waals surface area contributed by atoms with E-state index in [9.17, 15) is 26.5 Å². The molecule has 3 aromatic rings. The van der Waals surface area contributed by atoms with Gasteiger partial charge in [0.1, 0.15) is 22.0 Å². The number of phenols is 1. The maximum Gasteiger partial charge on any atom is 0.294 e. The minimum absolute atomic E-state index is 0.0114. The summed E-state index contributed by atoms with van der Waals surface area (Å²) in [4.78, 5) is -0.476. The van der Waals surface area contributed by atoms with Crippen LogP contribution >= 0.6 is 0 Å². The maximum atomic E-state index is 13.3. The van der Waals surface area contributed by atoms with Gasteiger partial charge in [-0.25, -0.2) is 8.42 Å². The molecule has 3 aromatic carbocycles. The lowest BCUT2D eigenvalue weighted by molar-refractivity contribution is 0.424. The minimum Gasteiger partial charge on any atom is -0.507 e. The highest BCUT2D eigenvalue weighted by Crippen LogP contribution is 2.41. The molecule has 0 bridgehead atoms. The van der Waals surface area contributed by atoms with Crippen LogP contribution in [0.3, 0.4) is 0 Å². The highest BCUT2D eigenvalue weighted by atomic mass is 32.2. The Morgan fingerprint density at radius 2 is 1.56 bits per heavy atom. The van der Waals surface area contributed by atoms with Crippen LogP contribution in [0.4, 0.5) is 17.1 Å². The second-order valence-electron chi connectivity index (χ2n) is 8.00. The molecule has 4 rings (SSSR count). The molecule has 4 N–H and O–H groups in total. The summed E-state index contributed by atoms with van der Waals surface area (Å²) < 4.78 is 60.4. The molecule has 34 heavy (non-hydrogen) atoms. The molecular weight excluding hydrogens is 480 g/mol. The summed E-state index contributed by atoms with van der Waals surface area (Å²) in [6.45, 7) is 0.877. The molecule has 0 amide bonds. The van der Waals surface area contributed by atoms with E-state index >= 15 is 0 Å². The number of aromatic hydroxyl groups is 1. The van der Waals surface area contributed by atoms with Gasteiger partial charge < -0.3 is 10.8 Å². The van der Waals surface area contributed by atoms with Crippen molar-refractivity contribution in [3.05, 3.63) is 48.5 Å². The number of sulfonamides is 1. The van der Waals surface area contributed by atoms with Gasteiger partial charge >= 0.3 is 0 Å². The number of nitrogen functional groups attached to an aromatic ring is 1. The average molecular weight is 505 g/mol. The van der Waals surface area contributed by atoms with E-state index < -0.39 is 30.8 Å². The molecule has 10 nitrogen and oxygen atoms in total. The van der Waals surface area contributed by atoms with Crippen molar-refractivity contribution in [1.29, 1.82) is 0 Å². The summed E-state index contributed by atoms with van der Waals surface area (Å²) in [7, 11) is -8.35. The van der Waals surface area contributed by atoms with Crippen molar-refractivity contribution in [1.82, 2.24) is 4.31 Å². The van der Waals surface area contributed by atoms with Crippen LogP contribution in [0.2, 0.25) is 0 Å². The Bertz CT molecular complexity index is 1480. The molecule has 0 unspecified atom stereocenters. The van der Waals surface area contributed by atoms with Crippen molar-refractivity contribution in [3.8, 4) is 5.75 Å². The van der Waals surface area contributed by atoms with Crippen LogP contribution in [0.1, 0.15) is 25.7 Å². The second kappa shape index (κ2) is 9.29. The van der Waals surface area contributed by atoms with Gasteiger partial charge in [0.15, 0.2) is 0 Å². The molecule has 1 aliphatic rings. The largest absolute Gasteiger partial charge is 0.507 e. The highest BCUT2D eigenvalue weighted by molar-refractivity contribution is 7.89. The lowest BCUT2D eigenvalue weighted by atomic mass is 10.1. The Morgan fingerprint density at radius 3 is 2.24 bits per heavy atom. The first kappa shape index (κ1) is 24.1. The Balaban J connectivity index is 1.80. The Hall–Kier alpha value is -3.06. The summed E-state index contributed by atoms with van der Waals surface area (Å²) in [5, 5.41) is 19.1. The van der Waals surface area contributed by atoms with Crippen molar-refractivity contribution < 1.29 is 26.5 Å². The molecule has 180 valence electrons. The van der Waals surface area contributed by atoms with Crippen molar-refractivity contribution in [3.63, 3.8) is 0 Å². The van der Waals surface area contributed by atoms with Crippen LogP contribution in [-0.4, -0.2) is 43.9 Å². The molecule has 12 heteroatoms. The number of nitrogens with zero attached hydrogens (tertiary/aromatic N) is 3. The van der Waals surface area contributed by atoms with Gasteiger partial charge in [-0.15, -0.1) is 10.2 Å². The smallest absolute Gasteiger partial charge is 0.294 e. The van der Waals surface area contributed by atoms with Gasteiger partial charge in [0.2, 0.25) is 10.0 Å². The monoisotopic (exact) mass is 504 g/mol. The number of azo groups is 1. The first-order chi connectivity index (χ1) is 16.1. The second-order valence-corrected chi connectivity index (χ2v) is 11.3. The van der Waals surface area contributed by atoms with E-state index in [1.165, 1.54) is 34.6 Å². The Labute approximate surface area is 197 Å². The summed E-state index contributed by atoms with van der Waals surface area (Å²) in [6, 6.07) is 11.2. The molecule has 0 atom stereocenters. The number of anilines is 1. The van der Waals surface area contributed by atoms with Crippen molar-refractivity contribution in [2.45, 2.75) is 35.5 Å². The first-order valence-electron chi connectivity index (χ1n) is 10.6. The van der Waals surface area contributed by atoms with E-state index in [-0.39, 0.29) is 32.7 Å². The summed E-state index contributed by atoms with van der Waals surface area (Å²) >= 11 is 0. The zero-order valence-corrected chi connectivity index (χ0v) is 19.8. The fourth-order valence-corrected chi connectivity index (χ4v) is 6.13. The number of rotatable bonds is 5. The molecule has 1 fully saturated rings. The topological polar surface area (TPSA) is 163 Å². The van der Waals surface area contributed by atoms with Gasteiger partial charge in [0.05, 0.1) is 16.0 Å². The van der Waals surface area contributed by atoms with Crippen LogP contribution in [-0.2, 0) is 20.1 Å². The predicted octanol–water partition coefficient (Wildman–Crippen LogP) is 4.35. The van der Waals surface area contributed by atoms with Gasteiger partial charge in [0.25, 0.3) is 10.1 Å². The molecule has 0 aromatic heterocycles. The maximum absolute atomic E-state index is 13.3. The normalized spacial score (nSPS) is 16.1. The molecule has 0 saturated carbocycles. The van der Waals surface area contributed by atoms with E-state index in [1.807, 2.05) is 0 Å². The standard InChI is InChI=1S/C22H24N4O6S2/c23-17-10-9-15-13-16(34(30,31)32)14-19(27)21(15)22(17)25-24-18-7-3-4-8-20(18)33(28,29)26-11-5-1-2-6-12-26/h3-4,7-10,13-14,27H,1-2,5-6,11-12,23H2,(H,30,31,32). The molecular formula is C22H24N4O6S2. The average Bonchev–Trinajstić information content (AvgIpc) is 3.08. The predicted molar refractivity (Wildman–Crippen MR) is 128 cm³/mol. The fourth-order valence-electron chi connectivity index (χ4n) is 3.95. The van der Waals surface area contributed by atoms with E-state index in [1.54, 1.807) is 12.1 Å². The van der Waals surface area contributed by atoms with E-state index in [0.29, 0.717) is 13.1 Å². The Morgan fingerprint density at radius 1 is 0.882 bits per heavy atom. The van der Waals surface area contributed by atoms with Gasteiger partial charge in [0, 0.05) is 19.2 Å². The van der Waals surface area contributed by atoms with Crippen LogP contribution in [0.15, 0.2) is 68.6 Å². The van der Waals surface area contributed by atoms with Crippen LogP contribution < -0.4 is 5.73 Å². The third-order valence-corrected chi connectivity index (χ3v) is 8.46. The molecule has 1 aliphatic heterocycles. The first-order valence-corrected chi connectivity index (χ1v) is 13.5. The highest BCUT2D eigenvalue weighted by Gasteiger charge is 2.27. The number of phenolic OH excluding ortho intramolecular Hbond substituents is 1. The third kappa shape index (κ3) is 4.75. The summed E-state index contributed by atoms with van der Waals surface area (Å²) in [5.41, 5.74) is 6.33. The van der Waals surface area contributed by atoms with Crippen molar-refractivity contribution in [2.75, 3.05) is 18.8 Å². The number of fused-ring (bicyclic) bond motifs is 1. The van der Waals surface area contributed by atoms with Gasteiger partial charge in [-0.1, -0.05) is 31.0 Å². The van der Waals surface area contributed by atoms with Gasteiger partial charge in [-0.05, 0) is 42.5 Å². The van der Waals surface area contributed by atoms with Gasteiger partial charge in [-0.3, -0.25) is 4.55 Å². The van der Waals surface area contributed by atoms with E-state index in [4.69, 9.17) is 5.73 Å². The van der Waals surface area contributed by atoms with Crippen LogP contribution in [0.5, 0.6) is 5.75 Å². The number of hydrogen-bond acceptors (Lipinski definition) is 8. The van der Waals surface area contributed by atoms with E-state index in [2.05, 4.69) is 10.2 Å². The lowest BCUT2D eigenvalue weighted by Crippen LogP contribution is -2.31. The number of nitrogens with two attached hydrogens (primary N) is 1. The van der Waals surface area contributed by atoms with Crippen molar-refractivity contribution >= 4 is 48.0 Å². The molecule has 0 spiro atoms. The zero-order chi connectivity index (χ0) is 24.5. The number of hydrogen-bond donors (Lipinski definition) is 3. The Kier molecular flexibility index (Phi) is 6.58. The molecule has 0 radical (unpaired) electrons. The van der Waals surface area contributed by atoms with Crippen LogP contribution in [0, 0.1) is 0 Å². The third-order valence-electron chi connectivity index (χ3n) is 5.68. The summed E-state index contributed by atoms with van der Waals surface area (Å²) in [5.74, 6) is -0.475. The van der Waals surface area contributed by atoms with Gasteiger partial charge in [-0.2, -0.15) is 12.7 Å². The summed E-state index contributed by atoms with van der Waals surface area (Å²) in [6.07, 6.45) is 3.55. The SMILES string of the molecule is Nc1ccc2cc(S(=O)(=O)O)cc(O)c2c1N=Nc1ccccc1S(=O)(=O)N1CCCCCC1.